The van der Waals surface area contributed by atoms with Crippen molar-refractivity contribution in [3.8, 4) is 84.9 Å². The fourth-order valence-corrected chi connectivity index (χ4v) is 19.8. The molecule has 23 aromatic rings. The van der Waals surface area contributed by atoms with E-state index in [1.807, 2.05) is 134 Å². The number of imidazole rings is 3. The molecular formula is C129H101Ir3N10O3-. The molecule has 0 unspecified atom stereocenters. The van der Waals surface area contributed by atoms with Crippen LogP contribution in [0.3, 0.4) is 0 Å². The minimum absolute atomic E-state index is 0. The summed E-state index contributed by atoms with van der Waals surface area (Å²) in [6.45, 7) is 19.8. The molecule has 713 valence electrons. The molecule has 8 aromatic heterocycles. The number of aryl methyl sites for hydroxylation is 3. The Kier molecular flexibility index (Phi) is 27.0. The average Bonchev–Trinajstić information content (AvgIpc) is 1.63. The summed E-state index contributed by atoms with van der Waals surface area (Å²) >= 11 is 0. The fraction of sp³-hybridized carbons (Fsp3) is 0.0853. The standard InChI is InChI=1S/C25H21N2.C24H17N2.C19H13N2.C18H14N.C15H10NO.C12H10N.C11H8N.C5H8O2.3Ir/c1-15-10-11-21-20(12-15)19-9-5-8-18-13-26-14-22(27(21)25(26)24(18)19)23-16(2)6-4-7-17(23)3;1-3-11-19-17(8-1)10-7-15-21(19)26-23-14-6-5-13-22(23)25-16-18-9-2-4-12-20(18)24(25)26;1-2-8-16(9-3-1)19-20-13-14-21(19)18-12-6-10-15-7-4-5-11-17(15)18;1-18(2)14-8-4-3-7-13(14)17-16-12(10-11-19-17)6-5-9-15(16)18;1-11-13(14-7-4-5-9-16-14)10-12-6-2-3-8-15(12)17-11;1-2-6-11-10(5-1)9-13-8-4-3-7-12(11)13;1-2-6-10(7-3-1)11-8-4-5-9-12-11;1-4(6)3-5(2)7;;;/h4-12,14H,13H2,1-3H3;1-15H,16H2;1-8,10-14H;3-6,8-11H,1-2H3;2-9H,1H2;1-8H,9H2;1-6,8-9H;3,6H,1-2H3;;;/q2*+1;3*-1;+1;-1;;;;/i;;;;;1D,2D,3D,4D,5D,6D,7D,8D;;;;;. The molecule has 5 aliphatic rings. The number of pyridine rings is 5. The predicted molar refractivity (Wildman–Crippen MR) is 573 cm³/mol. The molecule has 15 aromatic carbocycles. The van der Waals surface area contributed by atoms with E-state index in [1.54, 1.807) is 12.4 Å². The molecule has 1 aliphatic carbocycles. The van der Waals surface area contributed by atoms with Crippen LogP contribution in [-0.4, -0.2) is 44.4 Å². The Labute approximate surface area is 896 Å². The van der Waals surface area contributed by atoms with Crippen molar-refractivity contribution in [1.29, 1.82) is 0 Å². The van der Waals surface area contributed by atoms with Crippen molar-refractivity contribution in [2.24, 2.45) is 0 Å². The number of aromatic nitrogens is 10. The summed E-state index contributed by atoms with van der Waals surface area (Å²) in [5.74, 6) is 3.50. The van der Waals surface area contributed by atoms with Crippen LogP contribution in [0.25, 0.3) is 155 Å². The molecule has 4 aliphatic heterocycles. The van der Waals surface area contributed by atoms with Gasteiger partial charge >= 0.3 is 0 Å². The number of carbonyl (C=O) groups excluding carboxylic acids is 1. The Morgan fingerprint density at radius 3 is 1.87 bits per heavy atom. The molecule has 12 heterocycles. The quantitative estimate of drug-likeness (QED) is 0.0554. The van der Waals surface area contributed by atoms with Crippen LogP contribution in [0.1, 0.15) is 94.4 Å². The molecule has 0 bridgehead atoms. The second-order valence-electron chi connectivity index (χ2n) is 35.8. The van der Waals surface area contributed by atoms with Gasteiger partial charge in [-0.1, -0.05) is 262 Å². The van der Waals surface area contributed by atoms with Crippen LogP contribution in [0.15, 0.2) is 450 Å². The van der Waals surface area contributed by atoms with Gasteiger partial charge in [-0.05, 0) is 162 Å². The van der Waals surface area contributed by atoms with E-state index in [9.17, 15) is 4.79 Å². The first-order valence-corrected chi connectivity index (χ1v) is 47.2. The third kappa shape index (κ3) is 20.0. The largest absolute Gasteiger partial charge is 0.527 e. The van der Waals surface area contributed by atoms with Crippen LogP contribution in [0.4, 0.5) is 0 Å². The first-order chi connectivity index (χ1) is 72.9. The summed E-state index contributed by atoms with van der Waals surface area (Å²) in [4.78, 5) is 27.6. The van der Waals surface area contributed by atoms with E-state index in [4.69, 9.17) is 20.8 Å². The van der Waals surface area contributed by atoms with E-state index in [0.29, 0.717) is 11.3 Å². The summed E-state index contributed by atoms with van der Waals surface area (Å²) in [5, 5.41) is 20.0. The minimum Gasteiger partial charge on any atom is -0.527 e. The van der Waals surface area contributed by atoms with E-state index in [2.05, 4.69) is 339 Å². The molecule has 0 spiro atoms. The maximum atomic E-state index is 10.0. The zero-order valence-electron chi connectivity index (χ0n) is 88.4. The van der Waals surface area contributed by atoms with Crippen molar-refractivity contribution in [2.75, 3.05) is 0 Å². The third-order valence-corrected chi connectivity index (χ3v) is 26.1. The molecule has 0 saturated heterocycles. The number of aliphatic hydroxyl groups excluding tert-OH is 1. The van der Waals surface area contributed by atoms with Crippen LogP contribution >= 0.6 is 0 Å². The van der Waals surface area contributed by atoms with Crippen molar-refractivity contribution in [2.45, 2.75) is 73.5 Å². The Morgan fingerprint density at radius 2 is 1.12 bits per heavy atom. The third-order valence-electron chi connectivity index (χ3n) is 26.1. The van der Waals surface area contributed by atoms with Crippen molar-refractivity contribution < 1.29 is 99.6 Å². The smallest absolute Gasteiger partial charge is 0.295 e. The summed E-state index contributed by atoms with van der Waals surface area (Å²) in [7, 11) is 0. The van der Waals surface area contributed by atoms with Crippen molar-refractivity contribution in [3.05, 3.63) is 530 Å². The molecule has 0 saturated carbocycles. The van der Waals surface area contributed by atoms with Crippen LogP contribution in [0, 0.1) is 45.0 Å². The van der Waals surface area contributed by atoms with Crippen LogP contribution < -0.4 is 18.4 Å². The van der Waals surface area contributed by atoms with Gasteiger partial charge in [0.05, 0.1) is 49.2 Å². The molecule has 16 heteroatoms. The molecule has 145 heavy (non-hydrogen) atoms. The van der Waals surface area contributed by atoms with Gasteiger partial charge in [-0.15, -0.1) is 119 Å². The Morgan fingerprint density at radius 1 is 0.503 bits per heavy atom. The number of nitrogens with zero attached hydrogens (tertiary/aromatic N) is 10. The van der Waals surface area contributed by atoms with Crippen molar-refractivity contribution in [1.82, 2.24) is 33.5 Å². The normalized spacial score (nSPS) is 13.0. The van der Waals surface area contributed by atoms with Gasteiger partial charge in [-0.2, -0.15) is 13.5 Å². The molecule has 0 fully saturated rings. The molecule has 0 amide bonds. The number of para-hydroxylation sites is 3. The number of hydrogen-bond acceptors (Lipinski definition) is 7. The molecule has 13 nitrogen and oxygen atoms in total. The number of fused-ring (bicyclic) bond motifs is 16. The van der Waals surface area contributed by atoms with Crippen LogP contribution in [-0.2, 0) is 90.2 Å². The summed E-state index contributed by atoms with van der Waals surface area (Å²) in [6, 6.07) is 125. The van der Waals surface area contributed by atoms with E-state index in [-0.39, 0.29) is 131 Å². The number of allylic oxidation sites excluding steroid dienone is 3. The zero-order chi connectivity index (χ0) is 104. The van der Waals surface area contributed by atoms with Crippen LogP contribution in [0.5, 0.6) is 5.75 Å². The second-order valence-corrected chi connectivity index (χ2v) is 35.8. The van der Waals surface area contributed by atoms with E-state index >= 15 is 0 Å². The van der Waals surface area contributed by atoms with E-state index < -0.39 is 12.1 Å². The molecule has 28 rings (SSSR count). The van der Waals surface area contributed by atoms with Gasteiger partial charge in [0, 0.05) is 165 Å². The summed E-state index contributed by atoms with van der Waals surface area (Å²) in [6.07, 6.45) is 15.8. The molecule has 1 N–H and O–H groups in total. The Balaban J connectivity index is 0.000000116. The number of carbonyl (C=O) groups is 1. The van der Waals surface area contributed by atoms with Crippen molar-refractivity contribution in [3.63, 3.8) is 0 Å². The number of benzene rings is 15. The van der Waals surface area contributed by atoms with E-state index in [1.165, 1.54) is 162 Å². The molecule has 3 radical (unpaired) electrons. The monoisotopic (exact) mass is 2420 g/mol. The maximum Gasteiger partial charge on any atom is 0.295 e. The van der Waals surface area contributed by atoms with Gasteiger partial charge in [0.25, 0.3) is 11.5 Å². The van der Waals surface area contributed by atoms with Gasteiger partial charge in [-0.25, -0.2) is 9.13 Å². The first-order valence-electron chi connectivity index (χ1n) is 51.2. The Bertz CT molecular complexity index is 9230. The number of aliphatic hydroxyl groups is 1. The first kappa shape index (κ1) is 89.1. The zero-order valence-corrected chi connectivity index (χ0v) is 87.6. The number of ether oxygens (including phenoxy) is 1. The average molecular weight is 2420 g/mol. The van der Waals surface area contributed by atoms with Crippen molar-refractivity contribution >= 4 is 82.0 Å². The molecule has 0 atom stereocenters. The van der Waals surface area contributed by atoms with E-state index in [0.717, 1.165) is 75.3 Å². The van der Waals surface area contributed by atoms with Gasteiger partial charge in [0.2, 0.25) is 5.69 Å². The Hall–Kier alpha value is -16.0. The van der Waals surface area contributed by atoms with Gasteiger partial charge < -0.3 is 24.4 Å². The number of rotatable bonds is 7. The van der Waals surface area contributed by atoms with Gasteiger partial charge in [0.15, 0.2) is 35.2 Å². The molecular weight excluding hydrogens is 2310 g/mol. The number of hydrogen-bond donors (Lipinski definition) is 1. The second kappa shape index (κ2) is 43.8. The SMILES string of the molecule is C=C1Oc2ccccc2[C-]=C1c1ccccn1.CC(=O)C=C(C)O.CC1(C)c2ccc[c-]c2-c2nccc3cccc1c23.Cc1ccc2c(c1)c1cccc3c1c1n2c(-c2c(C)cccc2C)c[n+]1C3.[2H]c1c([2H])c([2H])c2c(c1[2H])C[n+]1c([2H])c([2H])c([2H])c([2H])c1-2.[Ir].[Ir].[Ir].[c-]1ccccc1-c1ccccn1.[c-]1ccccc1-c1nccn1-c1cccc2ccccc12.c1ccc2c(c1)C[n+]1c-2n(-c2cccc3ccccc23)c2ccccc21. The number of ketones is 1. The maximum absolute atomic E-state index is 10.0. The fourth-order valence-electron chi connectivity index (χ4n) is 19.8. The van der Waals surface area contributed by atoms with Gasteiger partial charge in [-0.3, -0.25) is 14.8 Å². The topological polar surface area (TPSA) is 124 Å². The summed E-state index contributed by atoms with van der Waals surface area (Å²) in [5.41, 5.74) is 29.3. The van der Waals surface area contributed by atoms with Gasteiger partial charge in [0.1, 0.15) is 31.9 Å². The minimum atomic E-state index is -0.411. The summed E-state index contributed by atoms with van der Waals surface area (Å²) < 4.78 is 81.4. The predicted octanol–water partition coefficient (Wildman–Crippen LogP) is 28.2. The van der Waals surface area contributed by atoms with Crippen LogP contribution in [0.2, 0.25) is 0 Å².